The van der Waals surface area contributed by atoms with E-state index in [2.05, 4.69) is 25.7 Å². The molecule has 1 aromatic rings. The van der Waals surface area contributed by atoms with E-state index < -0.39 is 18.0 Å². The van der Waals surface area contributed by atoms with E-state index in [1.165, 1.54) is 0 Å². The van der Waals surface area contributed by atoms with Gasteiger partial charge in [0, 0.05) is 10.7 Å². The molecule has 15 heavy (non-hydrogen) atoms. The molecular formula is C8H7BrF2N2O2. The van der Waals surface area contributed by atoms with Crippen molar-refractivity contribution < 1.29 is 18.3 Å². The van der Waals surface area contributed by atoms with Crippen molar-refractivity contribution in [3.63, 3.8) is 0 Å². The van der Waals surface area contributed by atoms with E-state index in [4.69, 9.17) is 5.73 Å². The Bertz CT molecular complexity index is 398. The second-order valence-corrected chi connectivity index (χ2v) is 3.43. The average Bonchev–Trinajstić information content (AvgIpc) is 2.16. The Morgan fingerprint density at radius 3 is 2.73 bits per heavy atom. The van der Waals surface area contributed by atoms with Crippen LogP contribution in [-0.4, -0.2) is 18.1 Å². The highest BCUT2D eigenvalue weighted by Gasteiger charge is 2.22. The first kappa shape index (κ1) is 11.8. The summed E-state index contributed by atoms with van der Waals surface area (Å²) in [6.07, 6.45) is -1.70. The molecule has 0 amide bonds. The molecule has 1 rings (SSSR count). The fraction of sp³-hybridized carbons (Fsp3) is 0.250. The van der Waals surface area contributed by atoms with Gasteiger partial charge < -0.3 is 10.5 Å². The number of rotatable bonds is 2. The molecular weight excluding hydrogens is 274 g/mol. The fourth-order valence-electron chi connectivity index (χ4n) is 0.998. The summed E-state index contributed by atoms with van der Waals surface area (Å²) in [5.74, 6) is -0.845. The standard InChI is InChI=1S/C8H7BrF2N2O2/c1-15-8(14)6-5(12)4(7(10)11)3(9)2-13-6/h2,7H,12H2,1H3. The zero-order valence-electron chi connectivity index (χ0n) is 7.63. The molecule has 0 spiro atoms. The summed E-state index contributed by atoms with van der Waals surface area (Å²) in [6.45, 7) is 0. The van der Waals surface area contributed by atoms with Crippen LogP contribution in [0.4, 0.5) is 14.5 Å². The van der Waals surface area contributed by atoms with E-state index in [0.29, 0.717) is 0 Å². The predicted octanol–water partition coefficient (Wildman–Crippen LogP) is 2.15. The topological polar surface area (TPSA) is 65.2 Å². The number of aromatic nitrogens is 1. The Labute approximate surface area is 92.6 Å². The highest BCUT2D eigenvalue weighted by atomic mass is 79.9. The maximum Gasteiger partial charge on any atom is 0.358 e. The number of anilines is 1. The smallest absolute Gasteiger partial charge is 0.358 e. The van der Waals surface area contributed by atoms with Gasteiger partial charge in [-0.15, -0.1) is 0 Å². The van der Waals surface area contributed by atoms with Gasteiger partial charge in [-0.05, 0) is 15.9 Å². The Morgan fingerprint density at radius 2 is 2.27 bits per heavy atom. The monoisotopic (exact) mass is 280 g/mol. The number of nitrogens with zero attached hydrogens (tertiary/aromatic N) is 1. The second kappa shape index (κ2) is 4.52. The molecule has 0 fully saturated rings. The molecule has 0 aliphatic rings. The summed E-state index contributed by atoms with van der Waals surface area (Å²) >= 11 is 2.88. The van der Waals surface area contributed by atoms with E-state index in [9.17, 15) is 13.6 Å². The molecule has 82 valence electrons. The van der Waals surface area contributed by atoms with Gasteiger partial charge in [-0.2, -0.15) is 0 Å². The number of hydrogen-bond acceptors (Lipinski definition) is 4. The van der Waals surface area contributed by atoms with Crippen LogP contribution in [0.15, 0.2) is 10.7 Å². The number of methoxy groups -OCH3 is 1. The van der Waals surface area contributed by atoms with Crippen LogP contribution in [0.2, 0.25) is 0 Å². The van der Waals surface area contributed by atoms with Crippen LogP contribution in [0.3, 0.4) is 0 Å². The molecule has 0 bridgehead atoms. The second-order valence-electron chi connectivity index (χ2n) is 2.57. The fourth-order valence-corrected chi connectivity index (χ4v) is 1.49. The number of carbonyl (C=O) groups is 1. The molecule has 2 N–H and O–H groups in total. The molecule has 0 radical (unpaired) electrons. The number of alkyl halides is 2. The Hall–Kier alpha value is -1.24. The number of pyridine rings is 1. The largest absolute Gasteiger partial charge is 0.464 e. The average molecular weight is 281 g/mol. The number of nitrogens with two attached hydrogens (primary N) is 1. The van der Waals surface area contributed by atoms with Gasteiger partial charge in [-0.3, -0.25) is 0 Å². The normalized spacial score (nSPS) is 10.5. The summed E-state index contributed by atoms with van der Waals surface area (Å²) in [4.78, 5) is 14.7. The van der Waals surface area contributed by atoms with Crippen LogP contribution < -0.4 is 5.73 Å². The number of halogens is 3. The van der Waals surface area contributed by atoms with Crippen molar-refractivity contribution in [3.8, 4) is 0 Å². The quantitative estimate of drug-likeness (QED) is 0.843. The first-order valence-corrected chi connectivity index (χ1v) is 4.58. The van der Waals surface area contributed by atoms with Gasteiger partial charge in [0.1, 0.15) is 0 Å². The summed E-state index contributed by atoms with van der Waals surface area (Å²) in [6, 6.07) is 0. The number of carbonyl (C=O) groups excluding carboxylic acids is 1. The number of ether oxygens (including phenoxy) is 1. The maximum atomic E-state index is 12.5. The summed E-state index contributed by atoms with van der Waals surface area (Å²) < 4.78 is 29.5. The van der Waals surface area contributed by atoms with E-state index in [0.717, 1.165) is 13.3 Å². The van der Waals surface area contributed by atoms with Gasteiger partial charge >= 0.3 is 5.97 Å². The number of nitrogen functional groups attached to an aromatic ring is 1. The molecule has 4 nitrogen and oxygen atoms in total. The molecule has 1 aromatic heterocycles. The first-order chi connectivity index (χ1) is 6.99. The lowest BCUT2D eigenvalue weighted by Crippen LogP contribution is -2.11. The van der Waals surface area contributed by atoms with Crippen molar-refractivity contribution in [1.82, 2.24) is 4.98 Å². The molecule has 7 heteroatoms. The van der Waals surface area contributed by atoms with Gasteiger partial charge in [0.15, 0.2) is 5.69 Å². The van der Waals surface area contributed by atoms with Crippen molar-refractivity contribution in [2.75, 3.05) is 12.8 Å². The Kier molecular flexibility index (Phi) is 3.57. The maximum absolute atomic E-state index is 12.5. The Balaban J connectivity index is 3.35. The van der Waals surface area contributed by atoms with Crippen LogP contribution in [0.25, 0.3) is 0 Å². The van der Waals surface area contributed by atoms with E-state index in [-0.39, 0.29) is 15.9 Å². The van der Waals surface area contributed by atoms with Crippen LogP contribution in [0.5, 0.6) is 0 Å². The summed E-state index contributed by atoms with van der Waals surface area (Å²) in [5, 5.41) is 0. The zero-order valence-corrected chi connectivity index (χ0v) is 9.22. The van der Waals surface area contributed by atoms with Crippen molar-refractivity contribution in [2.45, 2.75) is 6.43 Å². The lowest BCUT2D eigenvalue weighted by molar-refractivity contribution is 0.0595. The van der Waals surface area contributed by atoms with Crippen LogP contribution in [0, 0.1) is 0 Å². The van der Waals surface area contributed by atoms with E-state index in [1.807, 2.05) is 0 Å². The predicted molar refractivity (Wildman–Crippen MR) is 52.6 cm³/mol. The molecule has 0 atom stereocenters. The van der Waals surface area contributed by atoms with Crippen molar-refractivity contribution >= 4 is 27.6 Å². The van der Waals surface area contributed by atoms with Gasteiger partial charge in [-0.25, -0.2) is 18.6 Å². The van der Waals surface area contributed by atoms with Crippen LogP contribution in [-0.2, 0) is 4.74 Å². The molecule has 1 heterocycles. The minimum atomic E-state index is -2.79. The summed E-state index contributed by atoms with van der Waals surface area (Å²) in [7, 11) is 1.12. The molecule has 0 aromatic carbocycles. The van der Waals surface area contributed by atoms with Gasteiger partial charge in [0.25, 0.3) is 6.43 Å². The van der Waals surface area contributed by atoms with E-state index in [1.54, 1.807) is 0 Å². The SMILES string of the molecule is COC(=O)c1ncc(Br)c(C(F)F)c1N. The molecule has 0 aliphatic carbocycles. The third kappa shape index (κ3) is 2.23. The Morgan fingerprint density at radius 1 is 1.67 bits per heavy atom. The molecule has 0 unspecified atom stereocenters. The van der Waals surface area contributed by atoms with Crippen LogP contribution in [0.1, 0.15) is 22.5 Å². The van der Waals surface area contributed by atoms with Gasteiger partial charge in [0.05, 0.1) is 18.4 Å². The van der Waals surface area contributed by atoms with Gasteiger partial charge in [0.2, 0.25) is 0 Å². The third-order valence-corrected chi connectivity index (χ3v) is 2.34. The summed E-state index contributed by atoms with van der Waals surface area (Å²) in [5.41, 5.74) is 4.26. The lowest BCUT2D eigenvalue weighted by atomic mass is 10.2. The van der Waals surface area contributed by atoms with Gasteiger partial charge in [-0.1, -0.05) is 0 Å². The molecule has 0 aliphatic heterocycles. The number of esters is 1. The van der Waals surface area contributed by atoms with Crippen LogP contribution >= 0.6 is 15.9 Å². The lowest BCUT2D eigenvalue weighted by Gasteiger charge is -2.09. The molecule has 0 saturated heterocycles. The third-order valence-electron chi connectivity index (χ3n) is 1.71. The highest BCUT2D eigenvalue weighted by molar-refractivity contribution is 9.10. The zero-order chi connectivity index (χ0) is 11.6. The van der Waals surface area contributed by atoms with E-state index >= 15 is 0 Å². The van der Waals surface area contributed by atoms with Crippen molar-refractivity contribution in [2.24, 2.45) is 0 Å². The minimum Gasteiger partial charge on any atom is -0.464 e. The first-order valence-electron chi connectivity index (χ1n) is 3.79. The highest BCUT2D eigenvalue weighted by Crippen LogP contribution is 2.33. The van der Waals surface area contributed by atoms with Crippen molar-refractivity contribution in [3.05, 3.63) is 21.9 Å². The minimum absolute atomic E-state index is 0.0580. The van der Waals surface area contributed by atoms with Crippen molar-refractivity contribution in [1.29, 1.82) is 0 Å². The number of hydrogen-bond donors (Lipinski definition) is 1. The molecule has 0 saturated carbocycles.